The van der Waals surface area contributed by atoms with Gasteiger partial charge in [-0.3, -0.25) is 0 Å². The highest BCUT2D eigenvalue weighted by Gasteiger charge is 2.08. The van der Waals surface area contributed by atoms with Gasteiger partial charge in [0.05, 0.1) is 0 Å². The van der Waals surface area contributed by atoms with Crippen LogP contribution >= 0.6 is 0 Å². The van der Waals surface area contributed by atoms with Gasteiger partial charge in [0, 0.05) is 6.07 Å². The fourth-order valence-electron chi connectivity index (χ4n) is 0.949. The first-order valence-electron chi connectivity index (χ1n) is 3.91. The molecule has 0 atom stereocenters. The van der Waals surface area contributed by atoms with Crippen molar-refractivity contribution in [3.63, 3.8) is 0 Å². The average Bonchev–Trinajstić information content (AvgIpc) is 2.09. The third-order valence-corrected chi connectivity index (χ3v) is 1.56. The first kappa shape index (κ1) is 10.8. The molecule has 0 radical (unpaired) electrons. The van der Waals surface area contributed by atoms with E-state index in [0.29, 0.717) is 5.56 Å². The molecule has 0 aliphatic heterocycles. The minimum atomic E-state index is -1.47. The maximum atomic E-state index is 10.3. The number of ether oxygens (including phenoxy) is 2. The average molecular weight is 212 g/mol. The van der Waals surface area contributed by atoms with Crippen LogP contribution in [-0.4, -0.2) is 22.5 Å². The molecule has 6 nitrogen and oxygen atoms in total. The van der Waals surface area contributed by atoms with Gasteiger partial charge in [0.1, 0.15) is 11.5 Å². The highest BCUT2D eigenvalue weighted by Crippen LogP contribution is 2.24. The second-order valence-electron chi connectivity index (χ2n) is 2.66. The molecule has 0 spiro atoms. The summed E-state index contributed by atoms with van der Waals surface area (Å²) in [6.45, 7) is 1.63. The fourth-order valence-corrected chi connectivity index (χ4v) is 0.949. The quantitative estimate of drug-likeness (QED) is 0.576. The van der Waals surface area contributed by atoms with E-state index in [9.17, 15) is 9.59 Å². The number of carboxylic acid groups (broad SMARTS) is 2. The topological polar surface area (TPSA) is 93.1 Å². The van der Waals surface area contributed by atoms with Crippen molar-refractivity contribution in [2.24, 2.45) is 0 Å². The van der Waals surface area contributed by atoms with E-state index in [4.69, 9.17) is 10.2 Å². The van der Waals surface area contributed by atoms with Crippen molar-refractivity contribution in [2.75, 3.05) is 0 Å². The fraction of sp³-hybridized carbons (Fsp3) is 0.111. The van der Waals surface area contributed by atoms with Crippen molar-refractivity contribution in [3.05, 3.63) is 23.8 Å². The predicted molar refractivity (Wildman–Crippen MR) is 48.5 cm³/mol. The van der Waals surface area contributed by atoms with Crippen LogP contribution < -0.4 is 9.47 Å². The molecule has 0 heterocycles. The lowest BCUT2D eigenvalue weighted by molar-refractivity contribution is 0.143. The number of carbonyl (C=O) groups is 2. The molecule has 2 N–H and O–H groups in total. The number of aryl methyl sites for hydroxylation is 1. The van der Waals surface area contributed by atoms with Gasteiger partial charge >= 0.3 is 12.3 Å². The first-order chi connectivity index (χ1) is 6.99. The summed E-state index contributed by atoms with van der Waals surface area (Å²) in [4.78, 5) is 20.5. The molecule has 0 bridgehead atoms. The third kappa shape index (κ3) is 3.18. The Kier molecular flexibility index (Phi) is 3.12. The molecule has 0 saturated carbocycles. The normalized spacial score (nSPS) is 9.40. The Bertz CT molecular complexity index is 398. The van der Waals surface area contributed by atoms with E-state index >= 15 is 0 Å². The summed E-state index contributed by atoms with van der Waals surface area (Å²) in [7, 11) is 0. The molecule has 1 rings (SSSR count). The first-order valence-corrected chi connectivity index (χ1v) is 3.91. The molecule has 0 fully saturated rings. The number of benzene rings is 1. The Morgan fingerprint density at radius 2 is 1.73 bits per heavy atom. The molecule has 80 valence electrons. The monoisotopic (exact) mass is 212 g/mol. The Hall–Kier alpha value is -2.24. The van der Waals surface area contributed by atoms with Crippen LogP contribution in [0.2, 0.25) is 0 Å². The summed E-state index contributed by atoms with van der Waals surface area (Å²) in [6.07, 6.45) is -2.94. The van der Waals surface area contributed by atoms with Crippen LogP contribution in [0.4, 0.5) is 9.59 Å². The Labute approximate surface area is 84.7 Å². The molecule has 1 aromatic carbocycles. The van der Waals surface area contributed by atoms with Gasteiger partial charge in [0.15, 0.2) is 0 Å². The smallest absolute Gasteiger partial charge is 0.449 e. The van der Waals surface area contributed by atoms with Crippen molar-refractivity contribution >= 4 is 12.3 Å². The van der Waals surface area contributed by atoms with Crippen LogP contribution in [0.3, 0.4) is 0 Å². The van der Waals surface area contributed by atoms with Gasteiger partial charge in [-0.2, -0.15) is 0 Å². The van der Waals surface area contributed by atoms with Crippen LogP contribution in [-0.2, 0) is 0 Å². The van der Waals surface area contributed by atoms with Crippen molar-refractivity contribution in [1.82, 2.24) is 0 Å². The molecule has 0 unspecified atom stereocenters. The van der Waals surface area contributed by atoms with Crippen LogP contribution in [0.5, 0.6) is 11.5 Å². The Balaban J connectivity index is 2.94. The molecule has 0 aliphatic rings. The number of rotatable bonds is 2. The molecule has 0 aliphatic carbocycles. The van der Waals surface area contributed by atoms with E-state index in [0.717, 1.165) is 0 Å². The van der Waals surface area contributed by atoms with E-state index < -0.39 is 12.3 Å². The minimum absolute atomic E-state index is 0.00403. The molecule has 15 heavy (non-hydrogen) atoms. The van der Waals surface area contributed by atoms with E-state index in [1.807, 2.05) is 0 Å². The lowest BCUT2D eigenvalue weighted by atomic mass is 10.2. The van der Waals surface area contributed by atoms with E-state index in [-0.39, 0.29) is 11.5 Å². The second-order valence-corrected chi connectivity index (χ2v) is 2.66. The molecule has 0 saturated heterocycles. The third-order valence-electron chi connectivity index (χ3n) is 1.56. The van der Waals surface area contributed by atoms with Crippen LogP contribution in [0.15, 0.2) is 18.2 Å². The maximum absolute atomic E-state index is 10.3. The SMILES string of the molecule is Cc1ccc(OC(=O)O)cc1OC(=O)O. The van der Waals surface area contributed by atoms with E-state index in [1.165, 1.54) is 18.2 Å². The largest absolute Gasteiger partial charge is 0.511 e. The molecular weight excluding hydrogens is 204 g/mol. The number of hydrogen-bond acceptors (Lipinski definition) is 4. The standard InChI is InChI=1S/C9H8O6/c1-5-2-3-6(14-8(10)11)4-7(5)15-9(12)13/h2-4H,1H3,(H,10,11)(H,12,13). The summed E-state index contributed by atoms with van der Waals surface area (Å²) in [5.74, 6) is 0.0469. The molecule has 1 aromatic rings. The minimum Gasteiger partial charge on any atom is -0.449 e. The van der Waals surface area contributed by atoms with Gasteiger partial charge < -0.3 is 19.7 Å². The molecular formula is C9H8O6. The van der Waals surface area contributed by atoms with Gasteiger partial charge in [0.2, 0.25) is 0 Å². The lowest BCUT2D eigenvalue weighted by Crippen LogP contribution is -2.06. The van der Waals surface area contributed by atoms with Gasteiger partial charge in [-0.25, -0.2) is 9.59 Å². The van der Waals surface area contributed by atoms with Crippen molar-refractivity contribution in [1.29, 1.82) is 0 Å². The molecule has 0 amide bonds. The lowest BCUT2D eigenvalue weighted by Gasteiger charge is -2.05. The van der Waals surface area contributed by atoms with Crippen molar-refractivity contribution in [2.45, 2.75) is 6.92 Å². The summed E-state index contributed by atoms with van der Waals surface area (Å²) in [5.41, 5.74) is 0.565. The van der Waals surface area contributed by atoms with Gasteiger partial charge in [-0.1, -0.05) is 6.07 Å². The second kappa shape index (κ2) is 4.32. The maximum Gasteiger partial charge on any atom is 0.511 e. The summed E-state index contributed by atoms with van der Waals surface area (Å²) < 4.78 is 8.75. The van der Waals surface area contributed by atoms with Crippen molar-refractivity contribution in [3.8, 4) is 11.5 Å². The Morgan fingerprint density at radius 3 is 2.27 bits per heavy atom. The van der Waals surface area contributed by atoms with Gasteiger partial charge in [-0.05, 0) is 18.6 Å². The summed E-state index contributed by atoms with van der Waals surface area (Å²) in [5, 5.41) is 16.7. The highest BCUT2D eigenvalue weighted by molar-refractivity contribution is 5.64. The zero-order valence-corrected chi connectivity index (χ0v) is 7.76. The zero-order valence-electron chi connectivity index (χ0n) is 7.76. The highest BCUT2D eigenvalue weighted by atomic mass is 16.7. The van der Waals surface area contributed by atoms with Crippen LogP contribution in [0, 0.1) is 6.92 Å². The molecule has 0 aromatic heterocycles. The Morgan fingerprint density at radius 1 is 1.13 bits per heavy atom. The molecule has 6 heteroatoms. The number of hydrogen-bond donors (Lipinski definition) is 2. The van der Waals surface area contributed by atoms with Gasteiger partial charge in [0.25, 0.3) is 0 Å². The van der Waals surface area contributed by atoms with Crippen molar-refractivity contribution < 1.29 is 29.3 Å². The van der Waals surface area contributed by atoms with Crippen LogP contribution in [0.1, 0.15) is 5.56 Å². The summed E-state index contributed by atoms with van der Waals surface area (Å²) >= 11 is 0. The van der Waals surface area contributed by atoms with Crippen LogP contribution in [0.25, 0.3) is 0 Å². The van der Waals surface area contributed by atoms with E-state index in [1.54, 1.807) is 6.92 Å². The van der Waals surface area contributed by atoms with Gasteiger partial charge in [-0.15, -0.1) is 0 Å². The predicted octanol–water partition coefficient (Wildman–Crippen LogP) is 2.11. The zero-order chi connectivity index (χ0) is 11.4. The van der Waals surface area contributed by atoms with E-state index in [2.05, 4.69) is 9.47 Å². The summed E-state index contributed by atoms with van der Waals surface area (Å²) in [6, 6.07) is 4.09.